The SMILES string of the molecule is CN1CCC(C(=O)Nc2ncc(C=O)s2)CC1. The van der Waals surface area contributed by atoms with Gasteiger partial charge in [0, 0.05) is 5.92 Å². The maximum Gasteiger partial charge on any atom is 0.229 e. The summed E-state index contributed by atoms with van der Waals surface area (Å²) in [5, 5.41) is 3.28. The summed E-state index contributed by atoms with van der Waals surface area (Å²) < 4.78 is 0. The highest BCUT2D eigenvalue weighted by atomic mass is 32.1. The molecule has 1 fully saturated rings. The molecule has 1 aliphatic rings. The fourth-order valence-corrected chi connectivity index (χ4v) is 2.51. The van der Waals surface area contributed by atoms with Crippen LogP contribution in [0.5, 0.6) is 0 Å². The Bertz CT molecular complexity index is 411. The smallest absolute Gasteiger partial charge is 0.229 e. The van der Waals surface area contributed by atoms with Gasteiger partial charge >= 0.3 is 0 Å². The minimum atomic E-state index is 0.0184. The number of hydrogen-bond acceptors (Lipinski definition) is 5. The molecule has 6 heteroatoms. The number of aldehydes is 1. The average Bonchev–Trinajstić information content (AvgIpc) is 2.77. The van der Waals surface area contributed by atoms with Crippen molar-refractivity contribution in [3.05, 3.63) is 11.1 Å². The van der Waals surface area contributed by atoms with Crippen LogP contribution in [0.15, 0.2) is 6.20 Å². The van der Waals surface area contributed by atoms with Crippen LogP contribution in [0.3, 0.4) is 0 Å². The molecule has 0 radical (unpaired) electrons. The first-order valence-corrected chi connectivity index (χ1v) is 6.41. The Kier molecular flexibility index (Phi) is 3.86. The van der Waals surface area contributed by atoms with Crippen LogP contribution < -0.4 is 5.32 Å². The Morgan fingerprint density at radius 1 is 1.59 bits per heavy atom. The van der Waals surface area contributed by atoms with Crippen LogP contribution in [0.1, 0.15) is 22.5 Å². The first-order chi connectivity index (χ1) is 8.19. The molecule has 0 aromatic carbocycles. The van der Waals surface area contributed by atoms with E-state index in [4.69, 9.17) is 0 Å². The van der Waals surface area contributed by atoms with Gasteiger partial charge in [-0.25, -0.2) is 4.98 Å². The Balaban J connectivity index is 1.90. The molecular weight excluding hydrogens is 238 g/mol. The molecule has 1 aromatic rings. The van der Waals surface area contributed by atoms with Gasteiger partial charge in [-0.2, -0.15) is 0 Å². The predicted octanol–water partition coefficient (Wildman–Crippen LogP) is 1.24. The summed E-state index contributed by atoms with van der Waals surface area (Å²) in [5.41, 5.74) is 0. The number of nitrogens with one attached hydrogen (secondary N) is 1. The molecule has 1 aromatic heterocycles. The molecule has 92 valence electrons. The number of aromatic nitrogens is 1. The number of rotatable bonds is 3. The lowest BCUT2D eigenvalue weighted by molar-refractivity contribution is -0.121. The van der Waals surface area contributed by atoms with Crippen LogP contribution in [0.4, 0.5) is 5.13 Å². The zero-order valence-corrected chi connectivity index (χ0v) is 10.5. The van der Waals surface area contributed by atoms with Crippen molar-refractivity contribution in [2.45, 2.75) is 12.8 Å². The van der Waals surface area contributed by atoms with E-state index in [1.165, 1.54) is 17.5 Å². The molecule has 0 spiro atoms. The van der Waals surface area contributed by atoms with E-state index in [2.05, 4.69) is 22.2 Å². The number of piperidine rings is 1. The van der Waals surface area contributed by atoms with E-state index < -0.39 is 0 Å². The summed E-state index contributed by atoms with van der Waals surface area (Å²) >= 11 is 1.20. The minimum absolute atomic E-state index is 0.0184. The summed E-state index contributed by atoms with van der Waals surface area (Å²) in [5.74, 6) is 0.0830. The fraction of sp³-hybridized carbons (Fsp3) is 0.545. The van der Waals surface area contributed by atoms with Crippen molar-refractivity contribution >= 4 is 28.7 Å². The fourth-order valence-electron chi connectivity index (χ4n) is 1.88. The quantitative estimate of drug-likeness (QED) is 0.823. The molecule has 1 aliphatic heterocycles. The van der Waals surface area contributed by atoms with Gasteiger partial charge in [0.05, 0.1) is 11.1 Å². The second-order valence-corrected chi connectivity index (χ2v) is 5.31. The second kappa shape index (κ2) is 5.37. The third-order valence-electron chi connectivity index (χ3n) is 2.96. The highest BCUT2D eigenvalue weighted by Gasteiger charge is 2.23. The lowest BCUT2D eigenvalue weighted by atomic mass is 9.96. The molecule has 0 saturated carbocycles. The maximum absolute atomic E-state index is 11.9. The molecule has 1 N–H and O–H groups in total. The molecule has 0 atom stereocenters. The topological polar surface area (TPSA) is 62.3 Å². The number of amides is 1. The van der Waals surface area contributed by atoms with Crippen molar-refractivity contribution in [3.8, 4) is 0 Å². The van der Waals surface area contributed by atoms with Crippen molar-refractivity contribution < 1.29 is 9.59 Å². The molecule has 1 amide bonds. The van der Waals surface area contributed by atoms with Crippen LogP contribution in [0.2, 0.25) is 0 Å². The van der Waals surface area contributed by atoms with Gasteiger partial charge in [0.2, 0.25) is 5.91 Å². The lowest BCUT2D eigenvalue weighted by Gasteiger charge is -2.27. The Morgan fingerprint density at radius 3 is 2.88 bits per heavy atom. The number of anilines is 1. The van der Waals surface area contributed by atoms with Crippen LogP contribution in [-0.2, 0) is 4.79 Å². The maximum atomic E-state index is 11.9. The third kappa shape index (κ3) is 3.10. The third-order valence-corrected chi connectivity index (χ3v) is 3.80. The van der Waals surface area contributed by atoms with Gasteiger partial charge < -0.3 is 10.2 Å². The van der Waals surface area contributed by atoms with Gasteiger partial charge in [0.15, 0.2) is 11.4 Å². The van der Waals surface area contributed by atoms with Gasteiger partial charge in [-0.1, -0.05) is 11.3 Å². The van der Waals surface area contributed by atoms with Crippen molar-refractivity contribution in [2.75, 3.05) is 25.5 Å². The number of carbonyl (C=O) groups excluding carboxylic acids is 2. The standard InChI is InChI=1S/C11H15N3O2S/c1-14-4-2-8(3-5-14)10(16)13-11-12-6-9(7-15)17-11/h6-8H,2-5H2,1H3,(H,12,13,16). The van der Waals surface area contributed by atoms with Crippen LogP contribution in [-0.4, -0.2) is 42.2 Å². The van der Waals surface area contributed by atoms with E-state index >= 15 is 0 Å². The molecule has 1 saturated heterocycles. The number of carbonyl (C=O) groups is 2. The van der Waals surface area contributed by atoms with Crippen molar-refractivity contribution in [1.29, 1.82) is 0 Å². The summed E-state index contributed by atoms with van der Waals surface area (Å²) in [7, 11) is 2.06. The van der Waals surface area contributed by atoms with E-state index in [1.807, 2.05) is 0 Å². The van der Waals surface area contributed by atoms with E-state index in [0.29, 0.717) is 10.0 Å². The highest BCUT2D eigenvalue weighted by molar-refractivity contribution is 7.17. The first kappa shape index (κ1) is 12.2. The van der Waals surface area contributed by atoms with Gasteiger partial charge in [0.25, 0.3) is 0 Å². The molecule has 0 aliphatic carbocycles. The van der Waals surface area contributed by atoms with E-state index in [-0.39, 0.29) is 11.8 Å². The van der Waals surface area contributed by atoms with Crippen molar-refractivity contribution in [3.63, 3.8) is 0 Å². The normalized spacial score (nSPS) is 17.9. The lowest BCUT2D eigenvalue weighted by Crippen LogP contribution is -2.35. The van der Waals surface area contributed by atoms with E-state index in [9.17, 15) is 9.59 Å². The first-order valence-electron chi connectivity index (χ1n) is 5.59. The van der Waals surface area contributed by atoms with Crippen molar-refractivity contribution in [2.24, 2.45) is 5.92 Å². The number of hydrogen-bond donors (Lipinski definition) is 1. The summed E-state index contributed by atoms with van der Waals surface area (Å²) in [6.07, 6.45) is 3.98. The van der Waals surface area contributed by atoms with Crippen LogP contribution in [0.25, 0.3) is 0 Å². The molecule has 17 heavy (non-hydrogen) atoms. The largest absolute Gasteiger partial charge is 0.306 e. The van der Waals surface area contributed by atoms with Crippen LogP contribution in [0, 0.1) is 5.92 Å². The van der Waals surface area contributed by atoms with Gasteiger partial charge in [0.1, 0.15) is 0 Å². The van der Waals surface area contributed by atoms with Gasteiger partial charge in [-0.3, -0.25) is 9.59 Å². The molecule has 0 bridgehead atoms. The van der Waals surface area contributed by atoms with E-state index in [1.54, 1.807) is 0 Å². The van der Waals surface area contributed by atoms with Gasteiger partial charge in [-0.15, -0.1) is 0 Å². The Hall–Kier alpha value is -1.27. The molecule has 5 nitrogen and oxygen atoms in total. The zero-order valence-electron chi connectivity index (χ0n) is 9.68. The Morgan fingerprint density at radius 2 is 2.29 bits per heavy atom. The van der Waals surface area contributed by atoms with Crippen molar-refractivity contribution in [1.82, 2.24) is 9.88 Å². The summed E-state index contributed by atoms with van der Waals surface area (Å²) in [6.45, 7) is 1.91. The molecule has 2 rings (SSSR count). The minimum Gasteiger partial charge on any atom is -0.306 e. The molecule has 2 heterocycles. The number of nitrogens with zero attached hydrogens (tertiary/aromatic N) is 2. The summed E-state index contributed by atoms with van der Waals surface area (Å²) in [4.78, 5) is 29.1. The highest BCUT2D eigenvalue weighted by Crippen LogP contribution is 2.21. The number of likely N-dealkylation sites (tertiary alicyclic amines) is 1. The summed E-state index contributed by atoms with van der Waals surface area (Å²) in [6, 6.07) is 0. The monoisotopic (exact) mass is 253 g/mol. The van der Waals surface area contributed by atoms with Crippen LogP contribution >= 0.6 is 11.3 Å². The number of thiazole rings is 1. The molecule has 0 unspecified atom stereocenters. The molecular formula is C11H15N3O2S. The second-order valence-electron chi connectivity index (χ2n) is 4.25. The zero-order chi connectivity index (χ0) is 12.3. The van der Waals surface area contributed by atoms with Gasteiger partial charge in [-0.05, 0) is 33.0 Å². The van der Waals surface area contributed by atoms with E-state index in [0.717, 1.165) is 32.2 Å². The average molecular weight is 253 g/mol. The predicted molar refractivity (Wildman–Crippen MR) is 66.4 cm³/mol. The Labute approximate surface area is 104 Å².